The molecule has 0 heterocycles. The minimum Gasteiger partial charge on any atom is -0.481 e. The van der Waals surface area contributed by atoms with Crippen LogP contribution in [-0.4, -0.2) is 22.2 Å². The Morgan fingerprint density at radius 3 is 1.04 bits per heavy atom. The summed E-state index contributed by atoms with van der Waals surface area (Å²) in [5.41, 5.74) is 0. The quantitative estimate of drug-likeness (QED) is 0.0502. The summed E-state index contributed by atoms with van der Waals surface area (Å²) in [7, 11) is 0. The van der Waals surface area contributed by atoms with Crippen LogP contribution in [0.4, 0.5) is 0 Å². The van der Waals surface area contributed by atoms with Gasteiger partial charge in [-0.1, -0.05) is 179 Å². The zero-order chi connectivity index (χ0) is 35.2. The second-order valence-electron chi connectivity index (χ2n) is 15.1. The van der Waals surface area contributed by atoms with Crippen molar-refractivity contribution in [2.75, 3.05) is 0 Å². The lowest BCUT2D eigenvalue weighted by Crippen LogP contribution is -2.03. The molecule has 282 valence electrons. The molecular formula is C44H82O4. The number of carbonyl (C=O) groups is 2. The highest BCUT2D eigenvalue weighted by Crippen LogP contribution is 2.25. The van der Waals surface area contributed by atoms with E-state index in [1.807, 2.05) is 0 Å². The Balaban J connectivity index is 3.78. The summed E-state index contributed by atoms with van der Waals surface area (Å²) in [4.78, 5) is 21.1. The number of unbranched alkanes of at least 4 members (excludes halogenated alkanes) is 22. The Hall–Kier alpha value is -1.58. The molecule has 1 unspecified atom stereocenters. The summed E-state index contributed by atoms with van der Waals surface area (Å²) in [5.74, 6) is 0.516. The lowest BCUT2D eigenvalue weighted by atomic mass is 9.88. The summed E-state index contributed by atoms with van der Waals surface area (Å²) in [6, 6.07) is 0. The molecule has 0 saturated carbocycles. The van der Waals surface area contributed by atoms with Gasteiger partial charge in [0.15, 0.2) is 0 Å². The van der Waals surface area contributed by atoms with Gasteiger partial charge < -0.3 is 10.2 Å². The molecule has 4 heteroatoms. The molecule has 1 atom stereocenters. The van der Waals surface area contributed by atoms with E-state index in [2.05, 4.69) is 38.2 Å². The first kappa shape index (κ1) is 46.4. The van der Waals surface area contributed by atoms with E-state index in [9.17, 15) is 9.59 Å². The first-order chi connectivity index (χ1) is 23.5. The second kappa shape index (κ2) is 38.2. The first-order valence-corrected chi connectivity index (χ1v) is 21.2. The van der Waals surface area contributed by atoms with Crippen molar-refractivity contribution in [3.63, 3.8) is 0 Å². The number of rotatable bonds is 39. The number of carboxylic acid groups (broad SMARTS) is 2. The molecule has 0 saturated heterocycles. The van der Waals surface area contributed by atoms with Gasteiger partial charge in [-0.2, -0.15) is 0 Å². The van der Waals surface area contributed by atoms with E-state index in [1.165, 1.54) is 180 Å². The SMILES string of the molecule is CCC(C)CCCC(CCCCCCCC/C=C\CCCCCCCC(=O)O)CCCCCCCC/C=C\CCCCCCCC(=O)O. The maximum absolute atomic E-state index is 10.5. The Morgan fingerprint density at radius 1 is 0.417 bits per heavy atom. The third-order valence-electron chi connectivity index (χ3n) is 10.3. The predicted molar refractivity (Wildman–Crippen MR) is 209 cm³/mol. The van der Waals surface area contributed by atoms with E-state index in [1.54, 1.807) is 0 Å². The van der Waals surface area contributed by atoms with Gasteiger partial charge in [0, 0.05) is 12.8 Å². The van der Waals surface area contributed by atoms with Crippen LogP contribution in [0.1, 0.15) is 232 Å². The van der Waals surface area contributed by atoms with Crippen LogP contribution >= 0.6 is 0 Å². The molecule has 0 rings (SSSR count). The van der Waals surface area contributed by atoms with Crippen LogP contribution in [0.3, 0.4) is 0 Å². The van der Waals surface area contributed by atoms with Crippen LogP contribution in [-0.2, 0) is 9.59 Å². The van der Waals surface area contributed by atoms with Crippen molar-refractivity contribution in [3.05, 3.63) is 24.3 Å². The molecule has 0 aromatic heterocycles. The van der Waals surface area contributed by atoms with Crippen molar-refractivity contribution in [2.45, 2.75) is 232 Å². The average Bonchev–Trinajstić information content (AvgIpc) is 3.06. The van der Waals surface area contributed by atoms with E-state index >= 15 is 0 Å². The summed E-state index contributed by atoms with van der Waals surface area (Å²) in [6.45, 7) is 4.76. The number of allylic oxidation sites excluding steroid dienone is 4. The summed E-state index contributed by atoms with van der Waals surface area (Å²) >= 11 is 0. The predicted octanol–water partition coefficient (Wildman–Crippen LogP) is 14.8. The molecule has 0 aliphatic rings. The molecule has 0 spiro atoms. The highest BCUT2D eigenvalue weighted by Gasteiger charge is 2.10. The maximum atomic E-state index is 10.5. The minimum atomic E-state index is -0.665. The average molecular weight is 675 g/mol. The Labute approximate surface area is 299 Å². The van der Waals surface area contributed by atoms with E-state index in [4.69, 9.17) is 10.2 Å². The molecule has 0 aliphatic heterocycles. The number of hydrogen-bond donors (Lipinski definition) is 2. The molecule has 4 nitrogen and oxygen atoms in total. The number of carboxylic acids is 2. The zero-order valence-electron chi connectivity index (χ0n) is 32.2. The van der Waals surface area contributed by atoms with E-state index in [-0.39, 0.29) is 0 Å². The number of aliphatic carboxylic acids is 2. The number of hydrogen-bond acceptors (Lipinski definition) is 2. The van der Waals surface area contributed by atoms with Crippen LogP contribution in [0.2, 0.25) is 0 Å². The van der Waals surface area contributed by atoms with Crippen molar-refractivity contribution in [2.24, 2.45) is 11.8 Å². The van der Waals surface area contributed by atoms with Crippen LogP contribution in [0.5, 0.6) is 0 Å². The van der Waals surface area contributed by atoms with Crippen molar-refractivity contribution in [1.82, 2.24) is 0 Å². The Kier molecular flexibility index (Phi) is 37.0. The van der Waals surface area contributed by atoms with Gasteiger partial charge in [-0.25, -0.2) is 0 Å². The second-order valence-corrected chi connectivity index (χ2v) is 15.1. The van der Waals surface area contributed by atoms with Gasteiger partial charge in [0.2, 0.25) is 0 Å². The van der Waals surface area contributed by atoms with E-state index in [0.717, 1.165) is 37.5 Å². The molecule has 2 N–H and O–H groups in total. The van der Waals surface area contributed by atoms with Crippen molar-refractivity contribution in [1.29, 1.82) is 0 Å². The fourth-order valence-electron chi connectivity index (χ4n) is 6.81. The first-order valence-electron chi connectivity index (χ1n) is 21.2. The van der Waals surface area contributed by atoms with Gasteiger partial charge in [0.05, 0.1) is 0 Å². The lowest BCUT2D eigenvalue weighted by molar-refractivity contribution is -0.138. The molecular weight excluding hydrogens is 592 g/mol. The van der Waals surface area contributed by atoms with Gasteiger partial charge in [-0.15, -0.1) is 0 Å². The van der Waals surface area contributed by atoms with Gasteiger partial charge in [-0.3, -0.25) is 9.59 Å². The monoisotopic (exact) mass is 675 g/mol. The van der Waals surface area contributed by atoms with Crippen LogP contribution in [0, 0.1) is 11.8 Å². The Morgan fingerprint density at radius 2 is 0.708 bits per heavy atom. The van der Waals surface area contributed by atoms with E-state index in [0.29, 0.717) is 12.8 Å². The summed E-state index contributed by atoms with van der Waals surface area (Å²) in [5, 5.41) is 17.4. The molecule has 0 aromatic carbocycles. The normalized spacial score (nSPS) is 12.6. The summed E-state index contributed by atoms with van der Waals surface area (Å²) < 4.78 is 0. The fourth-order valence-corrected chi connectivity index (χ4v) is 6.81. The Bertz CT molecular complexity index is 688. The molecule has 0 fully saturated rings. The molecule has 0 aromatic rings. The van der Waals surface area contributed by atoms with Gasteiger partial charge in [0.25, 0.3) is 0 Å². The third kappa shape index (κ3) is 38.9. The van der Waals surface area contributed by atoms with Crippen molar-refractivity contribution < 1.29 is 19.8 Å². The van der Waals surface area contributed by atoms with Crippen LogP contribution in [0.15, 0.2) is 24.3 Å². The van der Waals surface area contributed by atoms with E-state index < -0.39 is 11.9 Å². The lowest BCUT2D eigenvalue weighted by Gasteiger charge is -2.18. The van der Waals surface area contributed by atoms with Gasteiger partial charge >= 0.3 is 11.9 Å². The zero-order valence-corrected chi connectivity index (χ0v) is 32.2. The maximum Gasteiger partial charge on any atom is 0.303 e. The smallest absolute Gasteiger partial charge is 0.303 e. The molecule has 0 aliphatic carbocycles. The van der Waals surface area contributed by atoms with Crippen LogP contribution < -0.4 is 0 Å². The highest BCUT2D eigenvalue weighted by molar-refractivity contribution is 5.66. The topological polar surface area (TPSA) is 74.6 Å². The van der Waals surface area contributed by atoms with Crippen LogP contribution in [0.25, 0.3) is 0 Å². The highest BCUT2D eigenvalue weighted by atomic mass is 16.4. The summed E-state index contributed by atoms with van der Waals surface area (Å²) in [6.07, 6.45) is 51.3. The molecule has 0 bridgehead atoms. The van der Waals surface area contributed by atoms with Gasteiger partial charge in [-0.05, 0) is 76.0 Å². The van der Waals surface area contributed by atoms with Crippen molar-refractivity contribution in [3.8, 4) is 0 Å². The van der Waals surface area contributed by atoms with Gasteiger partial charge in [0.1, 0.15) is 0 Å². The molecule has 0 amide bonds. The molecule has 48 heavy (non-hydrogen) atoms. The van der Waals surface area contributed by atoms with Crippen molar-refractivity contribution >= 4 is 11.9 Å². The minimum absolute atomic E-state index is 0.324. The largest absolute Gasteiger partial charge is 0.481 e. The fraction of sp³-hybridized carbons (Fsp3) is 0.864. The standard InChI is InChI=1S/C44H82O4/c1-3-41(2)35-34-38-42(36-30-26-22-18-14-10-6-4-8-12-16-20-24-28-32-39-43(45)46)37-31-27-23-19-15-11-7-5-9-13-17-21-25-29-33-40-44(47)48/h4-5,8-9,41-42H,3,6-7,10-40H2,1-2H3,(H,45,46)(H,47,48)/b8-4-,9-5-. The third-order valence-corrected chi connectivity index (χ3v) is 10.3. The molecule has 0 radical (unpaired) electrons.